The SMILES string of the molecule is CC(C(=O)N1CCOc2cc(N(C)C)ccc21)n1cnc2c(N)ncnc21. The van der Waals surface area contributed by atoms with Crippen molar-refractivity contribution in [1.82, 2.24) is 19.5 Å². The maximum absolute atomic E-state index is 13.2. The third-order valence-corrected chi connectivity index (χ3v) is 4.75. The molecule has 9 heteroatoms. The third-order valence-electron chi connectivity index (χ3n) is 4.75. The van der Waals surface area contributed by atoms with E-state index in [9.17, 15) is 4.79 Å². The van der Waals surface area contributed by atoms with E-state index in [1.54, 1.807) is 15.8 Å². The van der Waals surface area contributed by atoms with Gasteiger partial charge in [-0.2, -0.15) is 0 Å². The molecule has 1 aliphatic rings. The van der Waals surface area contributed by atoms with Gasteiger partial charge in [0.15, 0.2) is 11.5 Å². The van der Waals surface area contributed by atoms with Crippen LogP contribution in [0.3, 0.4) is 0 Å². The highest BCUT2D eigenvalue weighted by atomic mass is 16.5. The summed E-state index contributed by atoms with van der Waals surface area (Å²) < 4.78 is 7.50. The lowest BCUT2D eigenvalue weighted by molar-refractivity contribution is -0.121. The molecule has 0 aliphatic carbocycles. The van der Waals surface area contributed by atoms with Crippen LogP contribution in [0, 0.1) is 0 Å². The van der Waals surface area contributed by atoms with Crippen molar-refractivity contribution in [3.05, 3.63) is 30.9 Å². The number of aromatic nitrogens is 4. The number of ether oxygens (including phenoxy) is 1. The highest BCUT2D eigenvalue weighted by Gasteiger charge is 2.29. The highest BCUT2D eigenvalue weighted by Crippen LogP contribution is 2.36. The summed E-state index contributed by atoms with van der Waals surface area (Å²) in [5, 5.41) is 0. The van der Waals surface area contributed by atoms with Crippen molar-refractivity contribution < 1.29 is 9.53 Å². The Hall–Kier alpha value is -3.36. The molecule has 0 radical (unpaired) electrons. The molecule has 0 spiro atoms. The van der Waals surface area contributed by atoms with Crippen LogP contribution in [0.4, 0.5) is 17.2 Å². The molecule has 1 unspecified atom stereocenters. The van der Waals surface area contributed by atoms with Crippen molar-refractivity contribution in [3.8, 4) is 5.75 Å². The van der Waals surface area contributed by atoms with Gasteiger partial charge >= 0.3 is 0 Å². The minimum atomic E-state index is -0.497. The van der Waals surface area contributed by atoms with Gasteiger partial charge in [0.25, 0.3) is 0 Å². The van der Waals surface area contributed by atoms with Crippen molar-refractivity contribution >= 4 is 34.3 Å². The minimum Gasteiger partial charge on any atom is -0.489 e. The molecule has 1 amide bonds. The average Bonchev–Trinajstić information content (AvgIpc) is 3.11. The molecule has 3 heterocycles. The zero-order valence-electron chi connectivity index (χ0n) is 15.5. The number of carbonyl (C=O) groups is 1. The first-order valence-electron chi connectivity index (χ1n) is 8.66. The number of imidazole rings is 1. The van der Waals surface area contributed by atoms with Crippen LogP contribution >= 0.6 is 0 Å². The minimum absolute atomic E-state index is 0.0614. The van der Waals surface area contributed by atoms with Crippen LogP contribution in [0.5, 0.6) is 5.75 Å². The summed E-state index contributed by atoms with van der Waals surface area (Å²) in [4.78, 5) is 29.4. The molecule has 2 N–H and O–H groups in total. The van der Waals surface area contributed by atoms with E-state index in [-0.39, 0.29) is 5.91 Å². The fourth-order valence-electron chi connectivity index (χ4n) is 3.21. The number of hydrogen-bond donors (Lipinski definition) is 1. The Balaban J connectivity index is 1.68. The lowest BCUT2D eigenvalue weighted by Gasteiger charge is -2.32. The Morgan fingerprint density at radius 1 is 1.30 bits per heavy atom. The second-order valence-corrected chi connectivity index (χ2v) is 6.64. The van der Waals surface area contributed by atoms with Crippen LogP contribution < -0.4 is 20.3 Å². The number of amides is 1. The predicted molar refractivity (Wildman–Crippen MR) is 103 cm³/mol. The van der Waals surface area contributed by atoms with Gasteiger partial charge < -0.3 is 24.8 Å². The lowest BCUT2D eigenvalue weighted by Crippen LogP contribution is -2.41. The van der Waals surface area contributed by atoms with Crippen LogP contribution in [0.1, 0.15) is 13.0 Å². The molecule has 1 aliphatic heterocycles. The number of carbonyl (C=O) groups excluding carboxylic acids is 1. The second-order valence-electron chi connectivity index (χ2n) is 6.64. The number of anilines is 3. The molecule has 3 aromatic rings. The van der Waals surface area contributed by atoms with Gasteiger partial charge in [-0.3, -0.25) is 4.79 Å². The molecular weight excluding hydrogens is 346 g/mol. The smallest absolute Gasteiger partial charge is 0.250 e. The molecule has 1 aromatic carbocycles. The van der Waals surface area contributed by atoms with Gasteiger partial charge in [-0.05, 0) is 19.1 Å². The van der Waals surface area contributed by atoms with Gasteiger partial charge in [-0.1, -0.05) is 0 Å². The first kappa shape index (κ1) is 17.1. The number of nitrogens with zero attached hydrogens (tertiary/aromatic N) is 6. The van der Waals surface area contributed by atoms with E-state index in [4.69, 9.17) is 10.5 Å². The summed E-state index contributed by atoms with van der Waals surface area (Å²) in [6.07, 6.45) is 2.95. The van der Waals surface area contributed by atoms with E-state index in [1.165, 1.54) is 6.33 Å². The lowest BCUT2D eigenvalue weighted by atomic mass is 10.1. The van der Waals surface area contributed by atoms with Crippen LogP contribution in [-0.4, -0.2) is 52.7 Å². The molecule has 27 heavy (non-hydrogen) atoms. The quantitative estimate of drug-likeness (QED) is 0.747. The van der Waals surface area contributed by atoms with Gasteiger partial charge in [0.2, 0.25) is 5.91 Å². The number of nitrogens with two attached hydrogens (primary N) is 1. The summed E-state index contributed by atoms with van der Waals surface area (Å²) in [6, 6.07) is 5.34. The van der Waals surface area contributed by atoms with E-state index in [0.29, 0.717) is 35.9 Å². The standard InChI is InChI=1S/C18H21N7O2/c1-11(25-10-22-15-16(19)20-9-21-17(15)25)18(26)24-6-7-27-14-8-12(23(2)3)4-5-13(14)24/h4-5,8-11H,6-7H2,1-3H3,(H2,19,20,21). The Bertz CT molecular complexity index is 1010. The van der Waals surface area contributed by atoms with Gasteiger partial charge in [0.1, 0.15) is 30.2 Å². The molecule has 1 atom stereocenters. The van der Waals surface area contributed by atoms with E-state index in [2.05, 4.69) is 15.0 Å². The largest absolute Gasteiger partial charge is 0.489 e. The Labute approximate surface area is 156 Å². The summed E-state index contributed by atoms with van der Waals surface area (Å²) in [6.45, 7) is 2.76. The van der Waals surface area contributed by atoms with E-state index < -0.39 is 6.04 Å². The zero-order chi connectivity index (χ0) is 19.1. The molecule has 4 rings (SSSR count). The van der Waals surface area contributed by atoms with Crippen molar-refractivity contribution in [2.24, 2.45) is 0 Å². The summed E-state index contributed by atoms with van der Waals surface area (Å²) in [5.41, 5.74) is 8.67. The van der Waals surface area contributed by atoms with E-state index in [1.807, 2.05) is 44.1 Å². The monoisotopic (exact) mass is 367 g/mol. The zero-order valence-corrected chi connectivity index (χ0v) is 15.5. The van der Waals surface area contributed by atoms with E-state index >= 15 is 0 Å². The van der Waals surface area contributed by atoms with Crippen molar-refractivity contribution in [2.75, 3.05) is 42.8 Å². The predicted octanol–water partition coefficient (Wildman–Crippen LogP) is 1.46. The Morgan fingerprint density at radius 2 is 2.11 bits per heavy atom. The van der Waals surface area contributed by atoms with Crippen LogP contribution in [0.2, 0.25) is 0 Å². The Kier molecular flexibility index (Phi) is 4.06. The maximum Gasteiger partial charge on any atom is 0.250 e. The summed E-state index contributed by atoms with van der Waals surface area (Å²) in [5.74, 6) is 0.940. The van der Waals surface area contributed by atoms with Crippen LogP contribution in [0.25, 0.3) is 11.2 Å². The number of hydrogen-bond acceptors (Lipinski definition) is 7. The van der Waals surface area contributed by atoms with Crippen molar-refractivity contribution in [2.45, 2.75) is 13.0 Å². The van der Waals surface area contributed by atoms with E-state index in [0.717, 1.165) is 11.4 Å². The third kappa shape index (κ3) is 2.80. The normalized spacial score (nSPS) is 14.6. The number of fused-ring (bicyclic) bond motifs is 2. The molecule has 9 nitrogen and oxygen atoms in total. The average molecular weight is 367 g/mol. The molecule has 140 valence electrons. The maximum atomic E-state index is 13.2. The first-order valence-corrected chi connectivity index (χ1v) is 8.66. The molecule has 2 aromatic heterocycles. The topological polar surface area (TPSA) is 102 Å². The van der Waals surface area contributed by atoms with Crippen molar-refractivity contribution in [3.63, 3.8) is 0 Å². The summed E-state index contributed by atoms with van der Waals surface area (Å²) in [7, 11) is 3.93. The van der Waals surface area contributed by atoms with Gasteiger partial charge in [-0.15, -0.1) is 0 Å². The molecular formula is C18H21N7O2. The van der Waals surface area contributed by atoms with Gasteiger partial charge in [0.05, 0.1) is 18.6 Å². The Morgan fingerprint density at radius 3 is 2.89 bits per heavy atom. The number of nitrogen functional groups attached to an aromatic ring is 1. The van der Waals surface area contributed by atoms with Crippen molar-refractivity contribution in [1.29, 1.82) is 0 Å². The molecule has 0 saturated carbocycles. The second kappa shape index (κ2) is 6.42. The van der Waals surface area contributed by atoms with Crippen LogP contribution in [-0.2, 0) is 4.79 Å². The molecule has 0 bridgehead atoms. The highest BCUT2D eigenvalue weighted by molar-refractivity contribution is 5.98. The molecule has 0 fully saturated rings. The fraction of sp³-hybridized carbons (Fsp3) is 0.333. The number of rotatable bonds is 3. The fourth-order valence-corrected chi connectivity index (χ4v) is 3.21. The summed E-state index contributed by atoms with van der Waals surface area (Å²) >= 11 is 0. The molecule has 0 saturated heterocycles. The van der Waals surface area contributed by atoms with Crippen LogP contribution in [0.15, 0.2) is 30.9 Å². The first-order chi connectivity index (χ1) is 13.0. The van der Waals surface area contributed by atoms with Gasteiger partial charge in [-0.25, -0.2) is 15.0 Å². The number of benzene rings is 1. The van der Waals surface area contributed by atoms with Gasteiger partial charge in [0, 0.05) is 25.8 Å².